The Morgan fingerprint density at radius 2 is 1.97 bits per heavy atom. The van der Waals surface area contributed by atoms with Gasteiger partial charge in [-0.3, -0.25) is 10.1 Å². The Bertz CT molecular complexity index is 1160. The van der Waals surface area contributed by atoms with Crippen molar-refractivity contribution in [1.82, 2.24) is 15.0 Å². The average molecular weight is 455 g/mol. The SMILES string of the molecule is COc1nc(NN=Cc2ccc(-c3ccc([N+](=O)[O-])cc3OC)o2)nc(N2CCOCC2)n1. The zero-order valence-corrected chi connectivity index (χ0v) is 17.9. The number of non-ortho nitro benzene ring substituents is 1. The highest BCUT2D eigenvalue weighted by molar-refractivity contribution is 5.79. The molecular weight excluding hydrogens is 434 g/mol. The first-order valence-electron chi connectivity index (χ1n) is 9.92. The van der Waals surface area contributed by atoms with Crippen molar-refractivity contribution in [2.24, 2.45) is 5.10 Å². The zero-order valence-electron chi connectivity index (χ0n) is 17.9. The van der Waals surface area contributed by atoms with Gasteiger partial charge in [-0.05, 0) is 18.2 Å². The summed E-state index contributed by atoms with van der Waals surface area (Å²) >= 11 is 0. The molecular formula is C20H21N7O6. The van der Waals surface area contributed by atoms with E-state index in [0.29, 0.717) is 55.1 Å². The fraction of sp³-hybridized carbons (Fsp3) is 0.300. The second kappa shape index (κ2) is 9.91. The van der Waals surface area contributed by atoms with Crippen molar-refractivity contribution in [2.45, 2.75) is 0 Å². The third-order valence-electron chi connectivity index (χ3n) is 4.72. The number of aromatic nitrogens is 3. The maximum Gasteiger partial charge on any atom is 0.322 e. The molecule has 3 aromatic rings. The Morgan fingerprint density at radius 1 is 1.15 bits per heavy atom. The fourth-order valence-electron chi connectivity index (χ4n) is 3.11. The number of furan rings is 1. The summed E-state index contributed by atoms with van der Waals surface area (Å²) in [4.78, 5) is 25.3. The first kappa shape index (κ1) is 22.0. The van der Waals surface area contributed by atoms with Crippen molar-refractivity contribution >= 4 is 23.8 Å². The lowest BCUT2D eigenvalue weighted by Crippen LogP contribution is -2.37. The van der Waals surface area contributed by atoms with Crippen LogP contribution in [0.5, 0.6) is 11.8 Å². The molecule has 0 bridgehead atoms. The summed E-state index contributed by atoms with van der Waals surface area (Å²) in [6.45, 7) is 2.51. The van der Waals surface area contributed by atoms with Gasteiger partial charge in [-0.15, -0.1) is 0 Å². The van der Waals surface area contributed by atoms with Gasteiger partial charge in [-0.1, -0.05) is 0 Å². The number of nitrogens with zero attached hydrogens (tertiary/aromatic N) is 6. The van der Waals surface area contributed by atoms with E-state index < -0.39 is 4.92 Å². The largest absolute Gasteiger partial charge is 0.496 e. The molecule has 1 saturated heterocycles. The van der Waals surface area contributed by atoms with Crippen LogP contribution < -0.4 is 19.8 Å². The van der Waals surface area contributed by atoms with E-state index in [2.05, 4.69) is 25.5 Å². The van der Waals surface area contributed by atoms with E-state index in [-0.39, 0.29) is 17.6 Å². The molecule has 33 heavy (non-hydrogen) atoms. The van der Waals surface area contributed by atoms with Crippen molar-refractivity contribution in [2.75, 3.05) is 50.8 Å². The van der Waals surface area contributed by atoms with Crippen LogP contribution in [0, 0.1) is 10.1 Å². The summed E-state index contributed by atoms with van der Waals surface area (Å²) in [5.74, 6) is 1.91. The van der Waals surface area contributed by atoms with E-state index >= 15 is 0 Å². The number of ether oxygens (including phenoxy) is 3. The standard InChI is InChI=1S/C20H21N7O6/c1-30-17-11-13(27(28)29)3-5-15(17)16-6-4-14(33-16)12-21-25-18-22-19(24-20(23-18)31-2)26-7-9-32-10-8-26/h3-6,11-12H,7-10H2,1-2H3,(H,22,23,24,25). The van der Waals surface area contributed by atoms with Gasteiger partial charge in [0, 0.05) is 19.2 Å². The van der Waals surface area contributed by atoms with E-state index in [1.807, 2.05) is 4.90 Å². The van der Waals surface area contributed by atoms with Gasteiger partial charge in [-0.2, -0.15) is 20.1 Å². The highest BCUT2D eigenvalue weighted by Gasteiger charge is 2.17. The van der Waals surface area contributed by atoms with Gasteiger partial charge >= 0.3 is 6.01 Å². The predicted molar refractivity (Wildman–Crippen MR) is 118 cm³/mol. The maximum atomic E-state index is 11.0. The third kappa shape index (κ3) is 5.15. The van der Waals surface area contributed by atoms with Crippen molar-refractivity contribution in [3.63, 3.8) is 0 Å². The summed E-state index contributed by atoms with van der Waals surface area (Å²) in [6, 6.07) is 7.87. The number of anilines is 2. The van der Waals surface area contributed by atoms with Crippen LogP contribution in [0.15, 0.2) is 39.9 Å². The minimum atomic E-state index is -0.487. The zero-order chi connectivity index (χ0) is 23.2. The maximum absolute atomic E-state index is 11.0. The Hall–Kier alpha value is -4.26. The molecule has 4 rings (SSSR count). The minimum Gasteiger partial charge on any atom is -0.496 e. The molecule has 0 aliphatic carbocycles. The van der Waals surface area contributed by atoms with E-state index in [1.165, 1.54) is 32.6 Å². The summed E-state index contributed by atoms with van der Waals surface area (Å²) in [6.07, 6.45) is 1.45. The van der Waals surface area contributed by atoms with Crippen LogP contribution in [0.25, 0.3) is 11.3 Å². The fourth-order valence-corrected chi connectivity index (χ4v) is 3.11. The number of hydrogen-bond acceptors (Lipinski definition) is 12. The smallest absolute Gasteiger partial charge is 0.322 e. The van der Waals surface area contributed by atoms with E-state index in [4.69, 9.17) is 18.6 Å². The van der Waals surface area contributed by atoms with Crippen LogP contribution in [0.2, 0.25) is 0 Å². The van der Waals surface area contributed by atoms with Crippen molar-refractivity contribution in [1.29, 1.82) is 0 Å². The van der Waals surface area contributed by atoms with Crippen LogP contribution in [0.4, 0.5) is 17.6 Å². The monoisotopic (exact) mass is 455 g/mol. The van der Waals surface area contributed by atoms with Crippen molar-refractivity contribution < 1.29 is 23.6 Å². The lowest BCUT2D eigenvalue weighted by molar-refractivity contribution is -0.384. The first-order chi connectivity index (χ1) is 16.1. The Morgan fingerprint density at radius 3 is 2.70 bits per heavy atom. The molecule has 0 amide bonds. The number of hydrogen-bond donors (Lipinski definition) is 1. The predicted octanol–water partition coefficient (Wildman–Crippen LogP) is 2.34. The molecule has 13 heteroatoms. The molecule has 0 saturated carbocycles. The van der Waals surface area contributed by atoms with Gasteiger partial charge in [-0.25, -0.2) is 5.43 Å². The summed E-state index contributed by atoms with van der Waals surface area (Å²) < 4.78 is 21.6. The number of nitro benzene ring substituents is 1. The molecule has 1 fully saturated rings. The molecule has 2 aromatic heterocycles. The molecule has 0 radical (unpaired) electrons. The minimum absolute atomic E-state index is 0.0719. The number of benzene rings is 1. The van der Waals surface area contributed by atoms with Gasteiger partial charge in [0.05, 0.1) is 50.2 Å². The number of morpholine rings is 1. The molecule has 1 aliphatic rings. The molecule has 1 N–H and O–H groups in total. The molecule has 13 nitrogen and oxygen atoms in total. The molecule has 0 spiro atoms. The van der Waals surface area contributed by atoms with Crippen LogP contribution >= 0.6 is 0 Å². The van der Waals surface area contributed by atoms with Crippen LogP contribution in [0.1, 0.15) is 5.76 Å². The Labute approximate surface area is 188 Å². The summed E-state index contributed by atoms with van der Waals surface area (Å²) in [7, 11) is 2.91. The second-order valence-corrected chi connectivity index (χ2v) is 6.76. The van der Waals surface area contributed by atoms with E-state index in [9.17, 15) is 10.1 Å². The highest BCUT2D eigenvalue weighted by Crippen LogP contribution is 2.34. The summed E-state index contributed by atoms with van der Waals surface area (Å²) in [5.41, 5.74) is 3.25. The topological polar surface area (TPSA) is 150 Å². The molecule has 1 aromatic carbocycles. The average Bonchev–Trinajstić information content (AvgIpc) is 3.32. The Kier molecular flexibility index (Phi) is 6.59. The first-order valence-corrected chi connectivity index (χ1v) is 9.92. The van der Waals surface area contributed by atoms with Crippen molar-refractivity contribution in [3.8, 4) is 23.1 Å². The number of methoxy groups -OCH3 is 2. The molecule has 3 heterocycles. The highest BCUT2D eigenvalue weighted by atomic mass is 16.6. The number of hydrazone groups is 1. The van der Waals surface area contributed by atoms with Crippen LogP contribution in [0.3, 0.4) is 0 Å². The normalized spacial score (nSPS) is 13.8. The van der Waals surface area contributed by atoms with Crippen molar-refractivity contribution in [3.05, 3.63) is 46.2 Å². The number of nitro groups is 1. The molecule has 0 unspecified atom stereocenters. The quantitative estimate of drug-likeness (QED) is 0.303. The molecule has 1 aliphatic heterocycles. The lowest BCUT2D eigenvalue weighted by Gasteiger charge is -2.26. The van der Waals surface area contributed by atoms with Gasteiger partial charge in [0.2, 0.25) is 5.95 Å². The lowest BCUT2D eigenvalue weighted by atomic mass is 10.1. The van der Waals surface area contributed by atoms with Gasteiger partial charge in [0.15, 0.2) is 0 Å². The molecule has 0 atom stereocenters. The van der Waals surface area contributed by atoms with Crippen LogP contribution in [-0.4, -0.2) is 66.6 Å². The third-order valence-corrected chi connectivity index (χ3v) is 4.72. The van der Waals surface area contributed by atoms with Gasteiger partial charge in [0.1, 0.15) is 17.3 Å². The number of nitrogens with one attached hydrogen (secondary N) is 1. The van der Waals surface area contributed by atoms with Gasteiger partial charge in [0.25, 0.3) is 11.6 Å². The number of rotatable bonds is 8. The summed E-state index contributed by atoms with van der Waals surface area (Å²) in [5, 5.41) is 15.1. The Balaban J connectivity index is 1.48. The van der Waals surface area contributed by atoms with Gasteiger partial charge < -0.3 is 23.5 Å². The van der Waals surface area contributed by atoms with E-state index in [1.54, 1.807) is 18.2 Å². The molecule has 172 valence electrons. The van der Waals surface area contributed by atoms with E-state index in [0.717, 1.165) is 0 Å². The second-order valence-electron chi connectivity index (χ2n) is 6.76. The van der Waals surface area contributed by atoms with Crippen LogP contribution in [-0.2, 0) is 4.74 Å².